The van der Waals surface area contributed by atoms with Crippen molar-refractivity contribution < 1.29 is 0 Å². The summed E-state index contributed by atoms with van der Waals surface area (Å²) in [4.78, 5) is 0. The van der Waals surface area contributed by atoms with Crippen LogP contribution in [0.3, 0.4) is 0 Å². The molecule has 0 amide bonds. The maximum atomic E-state index is 6.30. The van der Waals surface area contributed by atoms with Gasteiger partial charge in [-0.1, -0.05) is 217 Å². The standard InChI is InChI=1S/C60H80Cl2/c1-57(2,3)39-53(45-19-15-13-16-20-45)35-51(38-56(60(10,11)12)50-29-25-44(42-62)26-30-50)46-31-33-47(34-32-46)52(37-55(59(7,8)9)49-21-17-14-18-22-49)36-54(40-58(4,5)6)48-27-23-43(41-61)24-28-48/h13-34,51-56H,35-42H2,1-12H3. The molecule has 0 heterocycles. The summed E-state index contributed by atoms with van der Waals surface area (Å²) in [6.07, 6.45) is 6.68. The summed E-state index contributed by atoms with van der Waals surface area (Å²) in [6, 6.07) is 51.1. The van der Waals surface area contributed by atoms with E-state index in [2.05, 4.69) is 217 Å². The summed E-state index contributed by atoms with van der Waals surface area (Å²) in [5.41, 5.74) is 11.6. The normalized spacial score (nSPS) is 15.7. The largest absolute Gasteiger partial charge is 0.122 e. The van der Waals surface area contributed by atoms with Crippen molar-refractivity contribution in [3.63, 3.8) is 0 Å². The Morgan fingerprint density at radius 1 is 0.323 bits per heavy atom. The molecule has 5 aromatic rings. The van der Waals surface area contributed by atoms with Gasteiger partial charge in [0.25, 0.3) is 0 Å². The van der Waals surface area contributed by atoms with Crippen molar-refractivity contribution in [2.24, 2.45) is 21.7 Å². The van der Waals surface area contributed by atoms with E-state index >= 15 is 0 Å². The van der Waals surface area contributed by atoms with E-state index in [-0.39, 0.29) is 21.7 Å². The fourth-order valence-electron chi connectivity index (χ4n) is 10.3. The predicted molar refractivity (Wildman–Crippen MR) is 273 cm³/mol. The molecule has 6 atom stereocenters. The lowest BCUT2D eigenvalue weighted by molar-refractivity contribution is 0.267. The Morgan fingerprint density at radius 3 is 0.919 bits per heavy atom. The molecular formula is C60H80Cl2. The van der Waals surface area contributed by atoms with Crippen LogP contribution in [-0.4, -0.2) is 0 Å². The summed E-state index contributed by atoms with van der Waals surface area (Å²) in [5, 5.41) is 0. The van der Waals surface area contributed by atoms with E-state index in [0.29, 0.717) is 47.3 Å². The Kier molecular flexibility index (Phi) is 17.3. The van der Waals surface area contributed by atoms with Gasteiger partial charge in [-0.3, -0.25) is 0 Å². The number of hydrogen-bond acceptors (Lipinski definition) is 0. The highest BCUT2D eigenvalue weighted by atomic mass is 35.5. The molecule has 0 fully saturated rings. The summed E-state index contributed by atoms with van der Waals surface area (Å²) in [7, 11) is 0. The van der Waals surface area contributed by atoms with E-state index in [9.17, 15) is 0 Å². The number of alkyl halides is 2. The lowest BCUT2D eigenvalue weighted by Gasteiger charge is -2.37. The van der Waals surface area contributed by atoms with Crippen LogP contribution in [0.25, 0.3) is 0 Å². The molecule has 5 rings (SSSR count). The zero-order valence-electron chi connectivity index (χ0n) is 40.6. The molecule has 0 aromatic heterocycles. The second-order valence-electron chi connectivity index (χ2n) is 23.3. The molecule has 5 aromatic carbocycles. The fourth-order valence-corrected chi connectivity index (χ4v) is 10.7. The van der Waals surface area contributed by atoms with Crippen molar-refractivity contribution in [3.8, 4) is 0 Å². The quantitative estimate of drug-likeness (QED) is 0.0770. The van der Waals surface area contributed by atoms with Crippen LogP contribution < -0.4 is 0 Å². The number of hydrogen-bond donors (Lipinski definition) is 0. The van der Waals surface area contributed by atoms with Crippen LogP contribution in [0, 0.1) is 21.7 Å². The first-order chi connectivity index (χ1) is 29.1. The van der Waals surface area contributed by atoms with E-state index in [1.807, 2.05) is 0 Å². The maximum absolute atomic E-state index is 6.30. The second-order valence-corrected chi connectivity index (χ2v) is 23.9. The van der Waals surface area contributed by atoms with E-state index in [0.717, 1.165) is 38.5 Å². The van der Waals surface area contributed by atoms with E-state index in [1.54, 1.807) is 0 Å². The monoisotopic (exact) mass is 871 g/mol. The molecule has 0 saturated carbocycles. The molecule has 0 spiro atoms. The van der Waals surface area contributed by atoms with Crippen LogP contribution in [-0.2, 0) is 11.8 Å². The Morgan fingerprint density at radius 2 is 0.597 bits per heavy atom. The summed E-state index contributed by atoms with van der Waals surface area (Å²) >= 11 is 12.6. The third-order valence-electron chi connectivity index (χ3n) is 13.5. The number of halogens is 2. The van der Waals surface area contributed by atoms with Crippen LogP contribution >= 0.6 is 23.2 Å². The Hall–Kier alpha value is -3.32. The fraction of sp³-hybridized carbons (Fsp3) is 0.500. The van der Waals surface area contributed by atoms with Gasteiger partial charge in [0.2, 0.25) is 0 Å². The lowest BCUT2D eigenvalue weighted by Crippen LogP contribution is -2.23. The first-order valence-corrected chi connectivity index (χ1v) is 24.7. The Bertz CT molecular complexity index is 2010. The Labute approximate surface area is 389 Å². The van der Waals surface area contributed by atoms with Crippen LogP contribution in [0.4, 0.5) is 0 Å². The Balaban J connectivity index is 1.62. The predicted octanol–water partition coefficient (Wildman–Crippen LogP) is 19.0. The molecule has 0 nitrogen and oxygen atoms in total. The third-order valence-corrected chi connectivity index (χ3v) is 14.1. The van der Waals surface area contributed by atoms with Crippen molar-refractivity contribution in [1.82, 2.24) is 0 Å². The molecular weight excluding hydrogens is 792 g/mol. The van der Waals surface area contributed by atoms with Gasteiger partial charge in [-0.25, -0.2) is 0 Å². The van der Waals surface area contributed by atoms with Crippen LogP contribution in [0.15, 0.2) is 133 Å². The minimum Gasteiger partial charge on any atom is -0.122 e. The number of rotatable bonds is 18. The highest BCUT2D eigenvalue weighted by Crippen LogP contribution is 2.49. The topological polar surface area (TPSA) is 0 Å². The van der Waals surface area contributed by atoms with Crippen molar-refractivity contribution in [2.45, 2.75) is 169 Å². The molecule has 0 radical (unpaired) electrons. The second kappa shape index (κ2) is 21.6. The first-order valence-electron chi connectivity index (χ1n) is 23.6. The first kappa shape index (κ1) is 49.7. The molecule has 62 heavy (non-hydrogen) atoms. The third kappa shape index (κ3) is 14.9. The van der Waals surface area contributed by atoms with E-state index < -0.39 is 0 Å². The minimum atomic E-state index is 0.0848. The van der Waals surface area contributed by atoms with Crippen molar-refractivity contribution >= 4 is 23.2 Å². The maximum Gasteiger partial charge on any atom is 0.0474 e. The molecule has 0 saturated heterocycles. The molecule has 0 aliphatic carbocycles. The summed E-state index contributed by atoms with van der Waals surface area (Å²) in [6.45, 7) is 29.0. The highest BCUT2D eigenvalue weighted by Gasteiger charge is 2.34. The van der Waals surface area contributed by atoms with E-state index in [1.165, 1.54) is 44.5 Å². The highest BCUT2D eigenvalue weighted by molar-refractivity contribution is 6.17. The van der Waals surface area contributed by atoms with Crippen molar-refractivity contribution in [3.05, 3.63) is 178 Å². The SMILES string of the molecule is CC(C)(C)CC(CC(CC(c1ccccc1)C(C)(C)C)c1ccc(C(CC(CC(C)(C)C)c2ccccc2)CC(c2ccc(CCl)cc2)C(C)(C)C)cc1)c1ccc(CCl)cc1. The molecule has 0 aliphatic rings. The molecule has 2 heteroatoms. The zero-order chi connectivity index (χ0) is 45.3. The summed E-state index contributed by atoms with van der Waals surface area (Å²) < 4.78 is 0. The molecule has 6 unspecified atom stereocenters. The smallest absolute Gasteiger partial charge is 0.0474 e. The van der Waals surface area contributed by atoms with Crippen LogP contribution in [0.1, 0.15) is 202 Å². The van der Waals surface area contributed by atoms with Gasteiger partial charge in [-0.05, 0) is 140 Å². The molecule has 0 N–H and O–H groups in total. The minimum absolute atomic E-state index is 0.0848. The van der Waals surface area contributed by atoms with Crippen LogP contribution in [0.5, 0.6) is 0 Å². The van der Waals surface area contributed by atoms with Gasteiger partial charge >= 0.3 is 0 Å². The van der Waals surface area contributed by atoms with Gasteiger partial charge in [0.15, 0.2) is 0 Å². The van der Waals surface area contributed by atoms with Crippen molar-refractivity contribution in [1.29, 1.82) is 0 Å². The summed E-state index contributed by atoms with van der Waals surface area (Å²) in [5.74, 6) is 3.53. The van der Waals surface area contributed by atoms with Gasteiger partial charge in [-0.15, -0.1) is 23.2 Å². The van der Waals surface area contributed by atoms with Gasteiger partial charge < -0.3 is 0 Å². The van der Waals surface area contributed by atoms with Crippen LogP contribution in [0.2, 0.25) is 0 Å². The van der Waals surface area contributed by atoms with Gasteiger partial charge in [0.05, 0.1) is 0 Å². The van der Waals surface area contributed by atoms with Gasteiger partial charge in [0, 0.05) is 11.8 Å². The molecule has 0 aliphatic heterocycles. The van der Waals surface area contributed by atoms with Gasteiger partial charge in [-0.2, -0.15) is 0 Å². The molecule has 0 bridgehead atoms. The number of benzene rings is 5. The van der Waals surface area contributed by atoms with Crippen molar-refractivity contribution in [2.75, 3.05) is 0 Å². The molecule has 334 valence electrons. The van der Waals surface area contributed by atoms with E-state index in [4.69, 9.17) is 23.2 Å². The average Bonchev–Trinajstić information content (AvgIpc) is 3.22. The average molecular weight is 872 g/mol. The lowest BCUT2D eigenvalue weighted by atomic mass is 9.67. The zero-order valence-corrected chi connectivity index (χ0v) is 42.1. The van der Waals surface area contributed by atoms with Gasteiger partial charge in [0.1, 0.15) is 0 Å².